The molecule has 20 heavy (non-hydrogen) atoms. The van der Waals surface area contributed by atoms with Crippen molar-refractivity contribution in [2.75, 3.05) is 32.5 Å². The fourth-order valence-corrected chi connectivity index (χ4v) is 2.96. The Hall–Kier alpha value is -0.910. The Labute approximate surface area is 130 Å². The van der Waals surface area contributed by atoms with Crippen LogP contribution in [-0.2, 0) is 4.79 Å². The number of piperazine rings is 1. The molecule has 0 spiro atoms. The molecule has 2 rings (SSSR count). The molecule has 1 aliphatic heterocycles. The zero-order valence-electron chi connectivity index (χ0n) is 11.8. The van der Waals surface area contributed by atoms with Crippen LogP contribution in [0.2, 0.25) is 0 Å². The van der Waals surface area contributed by atoms with E-state index in [-0.39, 0.29) is 24.4 Å². The fourth-order valence-electron chi connectivity index (χ4n) is 2.13. The van der Waals surface area contributed by atoms with Crippen LogP contribution in [0, 0.1) is 0 Å². The van der Waals surface area contributed by atoms with Crippen LogP contribution in [0.5, 0.6) is 5.75 Å². The Kier molecular flexibility index (Phi) is 7.19. The van der Waals surface area contributed by atoms with E-state index in [9.17, 15) is 4.79 Å². The molecule has 112 valence electrons. The van der Waals surface area contributed by atoms with Crippen LogP contribution in [0.15, 0.2) is 29.2 Å². The molecule has 1 saturated heterocycles. The SMILES string of the molecule is COc1cccc(SCC(=O)N2CCNC[C@H]2C)c1.Cl. The molecule has 0 aliphatic carbocycles. The average molecular weight is 317 g/mol. The first-order valence-corrected chi connectivity index (χ1v) is 7.46. The Morgan fingerprint density at radius 3 is 3.05 bits per heavy atom. The first-order chi connectivity index (χ1) is 9.20. The highest BCUT2D eigenvalue weighted by Crippen LogP contribution is 2.23. The third-order valence-corrected chi connectivity index (χ3v) is 4.20. The van der Waals surface area contributed by atoms with Crippen LogP contribution >= 0.6 is 24.2 Å². The summed E-state index contributed by atoms with van der Waals surface area (Å²) in [7, 11) is 1.65. The number of methoxy groups -OCH3 is 1. The predicted molar refractivity (Wildman–Crippen MR) is 85.0 cm³/mol. The second kappa shape index (κ2) is 8.39. The first kappa shape index (κ1) is 17.1. The highest BCUT2D eigenvalue weighted by Gasteiger charge is 2.22. The molecule has 0 saturated carbocycles. The van der Waals surface area contributed by atoms with Crippen molar-refractivity contribution >= 4 is 30.1 Å². The highest BCUT2D eigenvalue weighted by atomic mass is 35.5. The van der Waals surface area contributed by atoms with Gasteiger partial charge in [-0.3, -0.25) is 4.79 Å². The van der Waals surface area contributed by atoms with E-state index in [4.69, 9.17) is 4.74 Å². The Bertz CT molecular complexity index is 445. The number of hydrogen-bond donors (Lipinski definition) is 1. The number of benzene rings is 1. The van der Waals surface area contributed by atoms with Gasteiger partial charge in [0.25, 0.3) is 0 Å². The number of rotatable bonds is 4. The van der Waals surface area contributed by atoms with Gasteiger partial charge >= 0.3 is 0 Å². The molecule has 1 amide bonds. The molecule has 1 fully saturated rings. The lowest BCUT2D eigenvalue weighted by molar-refractivity contribution is -0.131. The van der Waals surface area contributed by atoms with Gasteiger partial charge in [0.05, 0.1) is 12.9 Å². The monoisotopic (exact) mass is 316 g/mol. The molecule has 0 unspecified atom stereocenters. The van der Waals surface area contributed by atoms with E-state index in [2.05, 4.69) is 12.2 Å². The van der Waals surface area contributed by atoms with E-state index in [1.165, 1.54) is 0 Å². The number of nitrogens with zero attached hydrogens (tertiary/aromatic N) is 1. The van der Waals surface area contributed by atoms with Gasteiger partial charge in [-0.15, -0.1) is 24.2 Å². The van der Waals surface area contributed by atoms with Gasteiger partial charge in [-0.1, -0.05) is 6.07 Å². The van der Waals surface area contributed by atoms with Crippen molar-refractivity contribution in [3.05, 3.63) is 24.3 Å². The quantitative estimate of drug-likeness (QED) is 0.863. The maximum absolute atomic E-state index is 12.2. The topological polar surface area (TPSA) is 41.6 Å². The number of nitrogens with one attached hydrogen (secondary N) is 1. The van der Waals surface area contributed by atoms with Crippen molar-refractivity contribution in [3.63, 3.8) is 0 Å². The summed E-state index contributed by atoms with van der Waals surface area (Å²) in [4.78, 5) is 15.2. The Balaban J connectivity index is 0.00000200. The molecule has 1 N–H and O–H groups in total. The number of ether oxygens (including phenoxy) is 1. The van der Waals surface area contributed by atoms with Crippen LogP contribution in [0.3, 0.4) is 0 Å². The van der Waals surface area contributed by atoms with E-state index in [0.29, 0.717) is 5.75 Å². The van der Waals surface area contributed by atoms with Crippen molar-refractivity contribution in [1.29, 1.82) is 0 Å². The summed E-state index contributed by atoms with van der Waals surface area (Å²) in [6, 6.07) is 8.09. The van der Waals surface area contributed by atoms with Gasteiger partial charge in [0, 0.05) is 30.6 Å². The average Bonchev–Trinajstić information content (AvgIpc) is 2.45. The van der Waals surface area contributed by atoms with Gasteiger partial charge in [0.15, 0.2) is 0 Å². The van der Waals surface area contributed by atoms with Gasteiger partial charge in [-0.2, -0.15) is 0 Å². The maximum atomic E-state index is 12.2. The van der Waals surface area contributed by atoms with Crippen molar-refractivity contribution < 1.29 is 9.53 Å². The molecule has 1 heterocycles. The molecule has 1 aromatic rings. The molecule has 6 heteroatoms. The molecule has 1 atom stereocenters. The summed E-state index contributed by atoms with van der Waals surface area (Å²) in [5.41, 5.74) is 0. The van der Waals surface area contributed by atoms with Gasteiger partial charge in [-0.25, -0.2) is 0 Å². The van der Waals surface area contributed by atoms with Crippen LogP contribution in [0.4, 0.5) is 0 Å². The summed E-state index contributed by atoms with van der Waals surface area (Å²) in [6.45, 7) is 4.66. The van der Waals surface area contributed by atoms with Crippen LogP contribution < -0.4 is 10.1 Å². The second-order valence-electron chi connectivity index (χ2n) is 4.61. The first-order valence-electron chi connectivity index (χ1n) is 6.47. The Morgan fingerprint density at radius 2 is 2.35 bits per heavy atom. The smallest absolute Gasteiger partial charge is 0.233 e. The zero-order valence-corrected chi connectivity index (χ0v) is 13.4. The number of carbonyl (C=O) groups excluding carboxylic acids is 1. The second-order valence-corrected chi connectivity index (χ2v) is 5.66. The zero-order chi connectivity index (χ0) is 13.7. The summed E-state index contributed by atoms with van der Waals surface area (Å²) in [6.07, 6.45) is 0. The minimum atomic E-state index is 0. The van der Waals surface area contributed by atoms with E-state index in [1.807, 2.05) is 29.2 Å². The third-order valence-electron chi connectivity index (χ3n) is 3.23. The number of hydrogen-bond acceptors (Lipinski definition) is 4. The summed E-state index contributed by atoms with van der Waals surface area (Å²) >= 11 is 1.56. The molecule has 0 radical (unpaired) electrons. The number of carbonyl (C=O) groups is 1. The van der Waals surface area contributed by atoms with Crippen LogP contribution in [0.1, 0.15) is 6.92 Å². The van der Waals surface area contributed by atoms with E-state index in [1.54, 1.807) is 18.9 Å². The number of halogens is 1. The predicted octanol–water partition coefficient (Wildman–Crippen LogP) is 2.03. The highest BCUT2D eigenvalue weighted by molar-refractivity contribution is 8.00. The summed E-state index contributed by atoms with van der Waals surface area (Å²) in [5, 5.41) is 3.29. The van der Waals surface area contributed by atoms with E-state index in [0.717, 1.165) is 30.3 Å². The fraction of sp³-hybridized carbons (Fsp3) is 0.500. The molecule has 0 bridgehead atoms. The molecular formula is C14H21ClN2O2S. The normalized spacial score (nSPS) is 18.3. The van der Waals surface area contributed by atoms with Crippen molar-refractivity contribution in [3.8, 4) is 5.75 Å². The van der Waals surface area contributed by atoms with E-state index >= 15 is 0 Å². The molecule has 0 aromatic heterocycles. The van der Waals surface area contributed by atoms with Crippen LogP contribution in [0.25, 0.3) is 0 Å². The number of amides is 1. The summed E-state index contributed by atoms with van der Waals surface area (Å²) < 4.78 is 5.18. The van der Waals surface area contributed by atoms with Crippen molar-refractivity contribution in [2.24, 2.45) is 0 Å². The van der Waals surface area contributed by atoms with Gasteiger partial charge in [-0.05, 0) is 25.1 Å². The Morgan fingerprint density at radius 1 is 1.55 bits per heavy atom. The standard InChI is InChI=1S/C14H20N2O2S.ClH/c1-11-9-15-6-7-16(11)14(17)10-19-13-5-3-4-12(8-13)18-2;/h3-5,8,11,15H,6-7,9-10H2,1-2H3;1H/t11-;/m1./s1. The number of thioether (sulfide) groups is 1. The molecular weight excluding hydrogens is 296 g/mol. The lowest BCUT2D eigenvalue weighted by Gasteiger charge is -2.33. The maximum Gasteiger partial charge on any atom is 0.233 e. The molecule has 4 nitrogen and oxygen atoms in total. The minimum Gasteiger partial charge on any atom is -0.497 e. The van der Waals surface area contributed by atoms with Crippen molar-refractivity contribution in [2.45, 2.75) is 17.9 Å². The van der Waals surface area contributed by atoms with Gasteiger partial charge < -0.3 is 15.0 Å². The lowest BCUT2D eigenvalue weighted by Crippen LogP contribution is -2.52. The third kappa shape index (κ3) is 4.58. The molecule has 1 aliphatic rings. The van der Waals surface area contributed by atoms with E-state index < -0.39 is 0 Å². The molecule has 1 aromatic carbocycles. The lowest BCUT2D eigenvalue weighted by atomic mass is 10.2. The van der Waals surface area contributed by atoms with Crippen LogP contribution in [-0.4, -0.2) is 49.3 Å². The minimum absolute atomic E-state index is 0. The van der Waals surface area contributed by atoms with Gasteiger partial charge in [0.1, 0.15) is 5.75 Å². The van der Waals surface area contributed by atoms with Crippen molar-refractivity contribution in [1.82, 2.24) is 10.2 Å². The summed E-state index contributed by atoms with van der Waals surface area (Å²) in [5.74, 6) is 1.52. The largest absolute Gasteiger partial charge is 0.497 e. The van der Waals surface area contributed by atoms with Gasteiger partial charge in [0.2, 0.25) is 5.91 Å².